The lowest BCUT2D eigenvalue weighted by Crippen LogP contribution is -2.32. The molecule has 0 aliphatic rings. The van der Waals surface area contributed by atoms with Crippen LogP contribution in [0.5, 0.6) is 0 Å². The number of alkyl halides is 3. The van der Waals surface area contributed by atoms with Gasteiger partial charge in [0.15, 0.2) is 0 Å². The minimum absolute atomic E-state index is 0.130. The third-order valence-corrected chi connectivity index (χ3v) is 5.04. The first-order chi connectivity index (χ1) is 12.7. The van der Waals surface area contributed by atoms with E-state index in [0.717, 1.165) is 17.7 Å². The van der Waals surface area contributed by atoms with E-state index in [1.807, 2.05) is 30.3 Å². The average Bonchev–Trinajstić information content (AvgIpc) is 2.61. The number of amides is 1. The molecule has 2 aromatic carbocycles. The lowest BCUT2D eigenvalue weighted by atomic mass is 9.96. The molecule has 0 radical (unpaired) electrons. The standard InChI is InChI=1S/C20H22F3NO2S/c1-14(15-8-10-17(11-9-15)20(21,22)23)12-19(25)24-18(13-27(2)26)16-6-4-3-5-7-16/h3-11,14,18H,12-13H2,1-2H3,(H,24,25). The Hall–Kier alpha value is -2.15. The lowest BCUT2D eigenvalue weighted by Gasteiger charge is -2.20. The van der Waals surface area contributed by atoms with Gasteiger partial charge in [0.05, 0.1) is 11.6 Å². The Morgan fingerprint density at radius 1 is 1.04 bits per heavy atom. The van der Waals surface area contributed by atoms with Gasteiger partial charge in [0.1, 0.15) is 0 Å². The SMILES string of the molecule is CC(CC(=O)NC(CS(C)=O)c1ccccc1)c1ccc(C(F)(F)F)cc1. The Morgan fingerprint density at radius 3 is 2.15 bits per heavy atom. The highest BCUT2D eigenvalue weighted by molar-refractivity contribution is 7.84. The molecule has 0 fully saturated rings. The molecule has 3 unspecified atom stereocenters. The van der Waals surface area contributed by atoms with Crippen molar-refractivity contribution in [3.63, 3.8) is 0 Å². The van der Waals surface area contributed by atoms with E-state index in [1.54, 1.807) is 13.2 Å². The Labute approximate surface area is 159 Å². The number of nitrogens with one attached hydrogen (secondary N) is 1. The normalized spacial score (nSPS) is 15.0. The van der Waals surface area contributed by atoms with Crippen molar-refractivity contribution in [3.05, 3.63) is 71.3 Å². The molecule has 2 rings (SSSR count). The summed E-state index contributed by atoms with van der Waals surface area (Å²) in [6.45, 7) is 1.79. The zero-order valence-electron chi connectivity index (χ0n) is 15.1. The maximum Gasteiger partial charge on any atom is 0.416 e. The van der Waals surface area contributed by atoms with Crippen LogP contribution in [0.3, 0.4) is 0 Å². The quantitative estimate of drug-likeness (QED) is 0.751. The van der Waals surface area contributed by atoms with Gasteiger partial charge in [-0.05, 0) is 29.2 Å². The summed E-state index contributed by atoms with van der Waals surface area (Å²) in [6.07, 6.45) is -2.67. The largest absolute Gasteiger partial charge is 0.416 e. The van der Waals surface area contributed by atoms with E-state index < -0.39 is 22.5 Å². The predicted molar refractivity (Wildman–Crippen MR) is 101 cm³/mol. The fraction of sp³-hybridized carbons (Fsp3) is 0.350. The van der Waals surface area contributed by atoms with Crippen LogP contribution in [-0.4, -0.2) is 22.1 Å². The number of carbonyl (C=O) groups excluding carboxylic acids is 1. The van der Waals surface area contributed by atoms with E-state index >= 15 is 0 Å². The molecule has 0 bridgehead atoms. The minimum Gasteiger partial charge on any atom is -0.348 e. The Bertz CT molecular complexity index is 776. The second-order valence-electron chi connectivity index (χ2n) is 6.50. The zero-order chi connectivity index (χ0) is 20.0. The van der Waals surface area contributed by atoms with E-state index in [-0.39, 0.29) is 24.3 Å². The van der Waals surface area contributed by atoms with Crippen molar-refractivity contribution in [2.24, 2.45) is 0 Å². The van der Waals surface area contributed by atoms with Gasteiger partial charge in [0.25, 0.3) is 0 Å². The van der Waals surface area contributed by atoms with E-state index in [2.05, 4.69) is 5.32 Å². The second kappa shape index (κ2) is 9.17. The second-order valence-corrected chi connectivity index (χ2v) is 7.98. The summed E-state index contributed by atoms with van der Waals surface area (Å²) in [6, 6.07) is 13.7. The van der Waals surface area contributed by atoms with Crippen LogP contribution < -0.4 is 5.32 Å². The van der Waals surface area contributed by atoms with E-state index in [0.29, 0.717) is 11.3 Å². The lowest BCUT2D eigenvalue weighted by molar-refractivity contribution is -0.137. The molecule has 0 aliphatic carbocycles. The summed E-state index contributed by atoms with van der Waals surface area (Å²) < 4.78 is 49.6. The third-order valence-electron chi connectivity index (χ3n) is 4.24. The number of halogens is 3. The Morgan fingerprint density at radius 2 is 1.63 bits per heavy atom. The molecular formula is C20H22F3NO2S. The molecule has 0 aliphatic heterocycles. The highest BCUT2D eigenvalue weighted by atomic mass is 32.2. The van der Waals surface area contributed by atoms with Crippen molar-refractivity contribution < 1.29 is 22.2 Å². The highest BCUT2D eigenvalue weighted by Gasteiger charge is 2.30. The fourth-order valence-corrected chi connectivity index (χ4v) is 3.54. The monoisotopic (exact) mass is 397 g/mol. The predicted octanol–water partition coefficient (Wildman–Crippen LogP) is 4.44. The van der Waals surface area contributed by atoms with Gasteiger partial charge in [-0.3, -0.25) is 9.00 Å². The molecule has 0 saturated carbocycles. The fourth-order valence-electron chi connectivity index (χ4n) is 2.79. The van der Waals surface area contributed by atoms with E-state index in [4.69, 9.17) is 0 Å². The van der Waals surface area contributed by atoms with Gasteiger partial charge < -0.3 is 5.32 Å². The maximum atomic E-state index is 12.7. The summed E-state index contributed by atoms with van der Waals surface area (Å²) in [7, 11) is -1.09. The van der Waals surface area contributed by atoms with Crippen molar-refractivity contribution in [1.82, 2.24) is 5.32 Å². The number of rotatable bonds is 7. The third kappa shape index (κ3) is 6.50. The first-order valence-corrected chi connectivity index (χ1v) is 10.2. The minimum atomic E-state index is -4.38. The molecule has 0 saturated heterocycles. The smallest absolute Gasteiger partial charge is 0.348 e. The van der Waals surface area contributed by atoms with Crippen LogP contribution in [0.2, 0.25) is 0 Å². The van der Waals surface area contributed by atoms with Crippen LogP contribution in [0.25, 0.3) is 0 Å². The zero-order valence-corrected chi connectivity index (χ0v) is 15.9. The molecule has 3 nitrogen and oxygen atoms in total. The summed E-state index contributed by atoms with van der Waals surface area (Å²) >= 11 is 0. The molecule has 1 amide bonds. The first kappa shape index (κ1) is 21.2. The maximum absolute atomic E-state index is 12.7. The Kier molecular flexibility index (Phi) is 7.18. The molecular weight excluding hydrogens is 375 g/mol. The van der Waals surface area contributed by atoms with Crippen molar-refractivity contribution in [3.8, 4) is 0 Å². The number of hydrogen-bond acceptors (Lipinski definition) is 2. The average molecular weight is 397 g/mol. The van der Waals surface area contributed by atoms with Crippen LogP contribution in [0.15, 0.2) is 54.6 Å². The number of benzene rings is 2. The van der Waals surface area contributed by atoms with Gasteiger partial charge in [-0.15, -0.1) is 0 Å². The molecule has 0 heterocycles. The van der Waals surface area contributed by atoms with Crippen LogP contribution >= 0.6 is 0 Å². The van der Waals surface area contributed by atoms with Crippen LogP contribution in [0.1, 0.15) is 42.0 Å². The summed E-state index contributed by atoms with van der Waals surface area (Å²) in [5.74, 6) is -0.178. The molecule has 0 aromatic heterocycles. The van der Waals surface area contributed by atoms with Crippen molar-refractivity contribution in [2.75, 3.05) is 12.0 Å². The van der Waals surface area contributed by atoms with E-state index in [1.165, 1.54) is 12.1 Å². The molecule has 2 aromatic rings. The topological polar surface area (TPSA) is 46.2 Å². The molecule has 7 heteroatoms. The molecule has 3 atom stereocenters. The van der Waals surface area contributed by atoms with Gasteiger partial charge in [-0.1, -0.05) is 49.4 Å². The van der Waals surface area contributed by atoms with Crippen LogP contribution in [-0.2, 0) is 21.8 Å². The van der Waals surface area contributed by atoms with Gasteiger partial charge >= 0.3 is 6.18 Å². The summed E-state index contributed by atoms with van der Waals surface area (Å²) in [5, 5.41) is 2.89. The summed E-state index contributed by atoms with van der Waals surface area (Å²) in [4.78, 5) is 12.4. The van der Waals surface area contributed by atoms with Gasteiger partial charge in [0.2, 0.25) is 5.91 Å². The first-order valence-electron chi connectivity index (χ1n) is 8.48. The Balaban J connectivity index is 2.03. The van der Waals surface area contributed by atoms with Crippen molar-refractivity contribution in [2.45, 2.75) is 31.5 Å². The van der Waals surface area contributed by atoms with E-state index in [9.17, 15) is 22.2 Å². The van der Waals surface area contributed by atoms with Crippen molar-refractivity contribution >= 4 is 16.7 Å². The number of hydrogen-bond donors (Lipinski definition) is 1. The van der Waals surface area contributed by atoms with Crippen LogP contribution in [0.4, 0.5) is 13.2 Å². The molecule has 1 N–H and O–H groups in total. The molecule has 146 valence electrons. The van der Waals surface area contributed by atoms with Gasteiger partial charge in [-0.25, -0.2) is 0 Å². The van der Waals surface area contributed by atoms with Gasteiger partial charge in [-0.2, -0.15) is 13.2 Å². The summed E-state index contributed by atoms with van der Waals surface area (Å²) in [5.41, 5.74) is 0.814. The molecule has 0 spiro atoms. The molecule has 27 heavy (non-hydrogen) atoms. The number of carbonyl (C=O) groups is 1. The van der Waals surface area contributed by atoms with Gasteiger partial charge in [0, 0.05) is 29.2 Å². The highest BCUT2D eigenvalue weighted by Crippen LogP contribution is 2.30. The van der Waals surface area contributed by atoms with Crippen molar-refractivity contribution in [1.29, 1.82) is 0 Å². The van der Waals surface area contributed by atoms with Crippen LogP contribution in [0, 0.1) is 0 Å².